The van der Waals surface area contributed by atoms with E-state index >= 15 is 0 Å². The molecular weight excluding hydrogens is 322 g/mol. The molecule has 0 saturated carbocycles. The van der Waals surface area contributed by atoms with Crippen LogP contribution in [0.1, 0.15) is 52.2 Å². The van der Waals surface area contributed by atoms with E-state index in [4.69, 9.17) is 9.73 Å². The van der Waals surface area contributed by atoms with Crippen LogP contribution in [-0.2, 0) is 9.53 Å². The Morgan fingerprint density at radius 1 is 0.962 bits per heavy atom. The van der Waals surface area contributed by atoms with Crippen LogP contribution in [0.25, 0.3) is 0 Å². The van der Waals surface area contributed by atoms with Crippen molar-refractivity contribution < 1.29 is 9.53 Å². The van der Waals surface area contributed by atoms with Gasteiger partial charge in [-0.05, 0) is 26.7 Å². The lowest BCUT2D eigenvalue weighted by molar-refractivity contribution is -0.157. The Labute approximate surface area is 157 Å². The molecule has 0 saturated heterocycles. The Morgan fingerprint density at radius 3 is 1.81 bits per heavy atom. The van der Waals surface area contributed by atoms with Gasteiger partial charge >= 0.3 is 5.97 Å². The van der Waals surface area contributed by atoms with E-state index in [0.717, 1.165) is 23.3 Å². The summed E-state index contributed by atoms with van der Waals surface area (Å²) in [5.74, 6) is -0.177. The monoisotopic (exact) mass is 351 g/mol. The Morgan fingerprint density at radius 2 is 1.42 bits per heavy atom. The van der Waals surface area contributed by atoms with Gasteiger partial charge in [0.15, 0.2) is 6.04 Å². The predicted octanol–water partition coefficient (Wildman–Crippen LogP) is 5.28. The van der Waals surface area contributed by atoms with Gasteiger partial charge in [-0.25, -0.2) is 4.79 Å². The molecule has 2 aromatic carbocycles. The summed E-state index contributed by atoms with van der Waals surface area (Å²) in [6, 6.07) is 19.5. The van der Waals surface area contributed by atoms with Gasteiger partial charge in [0.25, 0.3) is 0 Å². The van der Waals surface area contributed by atoms with E-state index in [9.17, 15) is 4.79 Å². The largest absolute Gasteiger partial charge is 0.458 e. The van der Waals surface area contributed by atoms with Gasteiger partial charge in [0.1, 0.15) is 5.60 Å². The molecule has 2 aromatic rings. The number of rotatable bonds is 6. The van der Waals surface area contributed by atoms with Crippen LogP contribution in [0.5, 0.6) is 0 Å². The van der Waals surface area contributed by atoms with Gasteiger partial charge in [0.2, 0.25) is 0 Å². The maximum absolute atomic E-state index is 12.8. The molecule has 138 valence electrons. The first-order valence-electron chi connectivity index (χ1n) is 9.23. The maximum Gasteiger partial charge on any atom is 0.331 e. The van der Waals surface area contributed by atoms with Crippen molar-refractivity contribution in [1.82, 2.24) is 0 Å². The smallest absolute Gasteiger partial charge is 0.331 e. The number of hydrogen-bond acceptors (Lipinski definition) is 3. The molecule has 0 heterocycles. The summed E-state index contributed by atoms with van der Waals surface area (Å²) < 4.78 is 5.65. The van der Waals surface area contributed by atoms with E-state index < -0.39 is 11.6 Å². The normalized spacial score (nSPS) is 13.6. The Bertz CT molecular complexity index is 688. The van der Waals surface area contributed by atoms with Crippen molar-refractivity contribution >= 4 is 11.7 Å². The van der Waals surface area contributed by atoms with Crippen molar-refractivity contribution in [3.05, 3.63) is 71.8 Å². The first-order chi connectivity index (χ1) is 12.3. The van der Waals surface area contributed by atoms with E-state index in [-0.39, 0.29) is 11.9 Å². The number of benzene rings is 2. The molecule has 0 aliphatic rings. The van der Waals surface area contributed by atoms with Crippen molar-refractivity contribution in [2.75, 3.05) is 0 Å². The highest BCUT2D eigenvalue weighted by Gasteiger charge is 2.29. The molecule has 0 aliphatic heterocycles. The van der Waals surface area contributed by atoms with E-state index in [0.29, 0.717) is 0 Å². The van der Waals surface area contributed by atoms with Crippen LogP contribution in [0.2, 0.25) is 0 Å². The summed E-state index contributed by atoms with van der Waals surface area (Å²) in [7, 11) is 0. The number of ether oxygens (including phenoxy) is 1. The first kappa shape index (κ1) is 19.9. The van der Waals surface area contributed by atoms with Gasteiger partial charge in [-0.15, -0.1) is 0 Å². The van der Waals surface area contributed by atoms with Crippen molar-refractivity contribution in [2.24, 2.45) is 10.9 Å². The number of aliphatic imine (C=N–C) groups is 1. The molecule has 3 nitrogen and oxygen atoms in total. The minimum atomic E-state index is -0.533. The zero-order valence-corrected chi connectivity index (χ0v) is 16.4. The summed E-state index contributed by atoms with van der Waals surface area (Å²) in [5, 5.41) is 0. The van der Waals surface area contributed by atoms with E-state index in [1.54, 1.807) is 0 Å². The fourth-order valence-electron chi connectivity index (χ4n) is 2.64. The third-order valence-corrected chi connectivity index (χ3v) is 4.19. The lowest BCUT2D eigenvalue weighted by atomic mass is 9.97. The molecule has 3 heteroatoms. The molecule has 0 radical (unpaired) electrons. The molecule has 0 fully saturated rings. The second-order valence-electron chi connectivity index (χ2n) is 7.57. The Balaban J connectivity index is 2.51. The SMILES string of the molecule is CC[C@@H](C)[C@H](N=C(c1ccccc1)c1ccccc1)C(=O)OC(C)(C)C. The van der Waals surface area contributed by atoms with Gasteiger partial charge < -0.3 is 4.74 Å². The standard InChI is InChI=1S/C23H29NO2/c1-6-17(2)20(22(25)26-23(3,4)5)24-21(18-13-9-7-10-14-18)19-15-11-8-12-16-19/h7-17,20H,6H2,1-5H3/t17-,20+/m1/s1. The van der Waals surface area contributed by atoms with Crippen LogP contribution in [0.4, 0.5) is 0 Å². The van der Waals surface area contributed by atoms with Crippen LogP contribution in [0, 0.1) is 5.92 Å². The topological polar surface area (TPSA) is 38.7 Å². The second kappa shape index (κ2) is 8.79. The quantitative estimate of drug-likeness (QED) is 0.524. The zero-order chi connectivity index (χ0) is 19.2. The zero-order valence-electron chi connectivity index (χ0n) is 16.4. The average molecular weight is 351 g/mol. The molecule has 0 N–H and O–H groups in total. The third kappa shape index (κ3) is 5.55. The first-order valence-corrected chi connectivity index (χ1v) is 9.23. The van der Waals surface area contributed by atoms with Crippen LogP contribution in [0.3, 0.4) is 0 Å². The van der Waals surface area contributed by atoms with Crippen LogP contribution in [-0.4, -0.2) is 23.3 Å². The van der Waals surface area contributed by atoms with Gasteiger partial charge in [0, 0.05) is 11.1 Å². The van der Waals surface area contributed by atoms with E-state index in [1.165, 1.54) is 0 Å². The molecular formula is C23H29NO2. The van der Waals surface area contributed by atoms with Crippen LogP contribution in [0.15, 0.2) is 65.7 Å². The fraction of sp³-hybridized carbons (Fsp3) is 0.391. The molecule has 0 amide bonds. The minimum Gasteiger partial charge on any atom is -0.458 e. The van der Waals surface area contributed by atoms with Crippen molar-refractivity contribution in [3.63, 3.8) is 0 Å². The van der Waals surface area contributed by atoms with Crippen molar-refractivity contribution in [3.8, 4) is 0 Å². The van der Waals surface area contributed by atoms with Gasteiger partial charge in [-0.2, -0.15) is 0 Å². The van der Waals surface area contributed by atoms with Crippen LogP contribution >= 0.6 is 0 Å². The molecule has 0 bridgehead atoms. The third-order valence-electron chi connectivity index (χ3n) is 4.19. The highest BCUT2D eigenvalue weighted by atomic mass is 16.6. The lowest BCUT2D eigenvalue weighted by Gasteiger charge is -2.25. The fourth-order valence-corrected chi connectivity index (χ4v) is 2.64. The lowest BCUT2D eigenvalue weighted by Crippen LogP contribution is -2.35. The summed E-state index contributed by atoms with van der Waals surface area (Å²) in [6.45, 7) is 9.78. The molecule has 2 atom stereocenters. The van der Waals surface area contributed by atoms with Crippen molar-refractivity contribution in [1.29, 1.82) is 0 Å². The Kier molecular flexibility index (Phi) is 6.73. The highest BCUT2D eigenvalue weighted by Crippen LogP contribution is 2.20. The Hall–Kier alpha value is -2.42. The van der Waals surface area contributed by atoms with Gasteiger partial charge in [-0.3, -0.25) is 4.99 Å². The molecule has 0 spiro atoms. The van der Waals surface area contributed by atoms with Gasteiger partial charge in [-0.1, -0.05) is 80.9 Å². The number of hydrogen-bond donors (Lipinski definition) is 0. The molecule has 26 heavy (non-hydrogen) atoms. The summed E-state index contributed by atoms with van der Waals surface area (Å²) >= 11 is 0. The molecule has 0 aromatic heterocycles. The number of esters is 1. The number of carbonyl (C=O) groups is 1. The predicted molar refractivity (Wildman–Crippen MR) is 108 cm³/mol. The summed E-state index contributed by atoms with van der Waals surface area (Å²) in [4.78, 5) is 17.7. The van der Waals surface area contributed by atoms with E-state index in [2.05, 4.69) is 6.92 Å². The highest BCUT2D eigenvalue weighted by molar-refractivity contribution is 6.13. The molecule has 2 rings (SSSR count). The summed E-state index contributed by atoms with van der Waals surface area (Å²) in [6.07, 6.45) is 0.851. The summed E-state index contributed by atoms with van der Waals surface area (Å²) in [5.41, 5.74) is 2.28. The second-order valence-corrected chi connectivity index (χ2v) is 7.57. The average Bonchev–Trinajstić information content (AvgIpc) is 2.62. The van der Waals surface area contributed by atoms with E-state index in [1.807, 2.05) is 88.4 Å². The van der Waals surface area contributed by atoms with Crippen molar-refractivity contribution in [2.45, 2.75) is 52.7 Å². The molecule has 0 aliphatic carbocycles. The van der Waals surface area contributed by atoms with Crippen LogP contribution < -0.4 is 0 Å². The molecule has 0 unspecified atom stereocenters. The van der Waals surface area contributed by atoms with Gasteiger partial charge in [0.05, 0.1) is 5.71 Å². The number of carbonyl (C=O) groups excluding carboxylic acids is 1. The minimum absolute atomic E-state index is 0.0901. The number of nitrogens with zero attached hydrogens (tertiary/aromatic N) is 1. The maximum atomic E-state index is 12.8.